The maximum absolute atomic E-state index is 8.97. The summed E-state index contributed by atoms with van der Waals surface area (Å²) in [5, 5.41) is 12.5. The van der Waals surface area contributed by atoms with Crippen LogP contribution in [0.25, 0.3) is 0 Å². The molecule has 18 heavy (non-hydrogen) atoms. The monoisotopic (exact) mass is 251 g/mol. The highest BCUT2D eigenvalue weighted by atomic mass is 16.5. The van der Waals surface area contributed by atoms with E-state index in [-0.39, 0.29) is 12.6 Å². The van der Waals surface area contributed by atoms with Gasteiger partial charge in [0.15, 0.2) is 0 Å². The normalized spacial score (nSPS) is 14.3. The van der Waals surface area contributed by atoms with Crippen LogP contribution in [0.4, 0.5) is 0 Å². The molecule has 0 amide bonds. The number of ether oxygens (including phenoxy) is 1. The molecule has 0 saturated carbocycles. The second-order valence-electron chi connectivity index (χ2n) is 4.79. The minimum Gasteiger partial charge on any atom is -0.496 e. The average Bonchev–Trinajstić information content (AvgIpc) is 2.36. The van der Waals surface area contributed by atoms with Crippen LogP contribution in [0.2, 0.25) is 0 Å². The molecule has 2 N–H and O–H groups in total. The maximum atomic E-state index is 8.97. The quantitative estimate of drug-likeness (QED) is 0.783. The number of aliphatic hydroxyl groups excluding tert-OH is 1. The van der Waals surface area contributed by atoms with Crippen LogP contribution >= 0.6 is 0 Å². The first-order chi connectivity index (χ1) is 8.62. The molecule has 1 aromatic rings. The maximum Gasteiger partial charge on any atom is 0.123 e. The van der Waals surface area contributed by atoms with Gasteiger partial charge in [-0.15, -0.1) is 0 Å². The van der Waals surface area contributed by atoms with Gasteiger partial charge < -0.3 is 15.2 Å². The third-order valence-corrected chi connectivity index (χ3v) is 3.22. The summed E-state index contributed by atoms with van der Waals surface area (Å²) < 4.78 is 5.44. The predicted molar refractivity (Wildman–Crippen MR) is 75.1 cm³/mol. The van der Waals surface area contributed by atoms with Crippen molar-refractivity contribution in [2.24, 2.45) is 0 Å². The van der Waals surface area contributed by atoms with Gasteiger partial charge in [-0.25, -0.2) is 0 Å². The van der Waals surface area contributed by atoms with E-state index in [4.69, 9.17) is 9.84 Å². The molecule has 0 bridgehead atoms. The minimum absolute atomic E-state index is 0.218. The topological polar surface area (TPSA) is 41.5 Å². The number of methoxy groups -OCH3 is 1. The van der Waals surface area contributed by atoms with Crippen molar-refractivity contribution in [1.82, 2.24) is 5.32 Å². The van der Waals surface area contributed by atoms with Gasteiger partial charge in [-0.3, -0.25) is 0 Å². The molecule has 0 aliphatic heterocycles. The Morgan fingerprint density at radius 3 is 2.67 bits per heavy atom. The van der Waals surface area contributed by atoms with E-state index in [1.54, 1.807) is 7.11 Å². The largest absolute Gasteiger partial charge is 0.496 e. The third-order valence-electron chi connectivity index (χ3n) is 3.22. The molecule has 0 radical (unpaired) electrons. The molecule has 102 valence electrons. The van der Waals surface area contributed by atoms with Crippen LogP contribution in [0.1, 0.15) is 43.9 Å². The molecule has 0 saturated heterocycles. The molecule has 0 aromatic heterocycles. The highest BCUT2D eigenvalue weighted by Crippen LogP contribution is 2.28. The Balaban J connectivity index is 2.89. The lowest BCUT2D eigenvalue weighted by atomic mass is 10.00. The van der Waals surface area contributed by atoms with Crippen molar-refractivity contribution in [3.63, 3.8) is 0 Å². The van der Waals surface area contributed by atoms with Crippen LogP contribution in [-0.2, 0) is 0 Å². The Hall–Kier alpha value is -1.06. The van der Waals surface area contributed by atoms with Gasteiger partial charge in [0.2, 0.25) is 0 Å². The molecule has 0 fully saturated rings. The van der Waals surface area contributed by atoms with Crippen LogP contribution in [0.3, 0.4) is 0 Å². The number of aliphatic hydroxyl groups is 1. The van der Waals surface area contributed by atoms with Crippen molar-refractivity contribution in [1.29, 1.82) is 0 Å². The van der Waals surface area contributed by atoms with Gasteiger partial charge in [0.05, 0.1) is 7.11 Å². The number of nitrogens with one attached hydrogen (secondary N) is 1. The van der Waals surface area contributed by atoms with E-state index < -0.39 is 0 Å². The SMILES string of the molecule is CCC(NC(C)CCO)c1cc(C)ccc1OC. The van der Waals surface area contributed by atoms with Gasteiger partial charge in [0.25, 0.3) is 0 Å². The van der Waals surface area contributed by atoms with Crippen molar-refractivity contribution < 1.29 is 9.84 Å². The lowest BCUT2D eigenvalue weighted by molar-refractivity contribution is 0.261. The molecule has 3 heteroatoms. The van der Waals surface area contributed by atoms with Crippen molar-refractivity contribution in [3.8, 4) is 5.75 Å². The van der Waals surface area contributed by atoms with Gasteiger partial charge in [0.1, 0.15) is 5.75 Å². The number of aryl methyl sites for hydroxylation is 1. The molecule has 1 aromatic carbocycles. The van der Waals surface area contributed by atoms with Crippen molar-refractivity contribution in [2.45, 2.75) is 45.7 Å². The van der Waals surface area contributed by atoms with Gasteiger partial charge in [-0.1, -0.05) is 24.6 Å². The fourth-order valence-electron chi connectivity index (χ4n) is 2.17. The fourth-order valence-corrected chi connectivity index (χ4v) is 2.17. The first-order valence-electron chi connectivity index (χ1n) is 6.63. The Morgan fingerprint density at radius 1 is 1.39 bits per heavy atom. The molecule has 2 unspecified atom stereocenters. The van der Waals surface area contributed by atoms with E-state index in [1.807, 2.05) is 6.07 Å². The fraction of sp³-hybridized carbons (Fsp3) is 0.600. The first kappa shape index (κ1) is 15.0. The molecular formula is C15H25NO2. The molecule has 0 spiro atoms. The van der Waals surface area contributed by atoms with E-state index >= 15 is 0 Å². The predicted octanol–water partition coefficient (Wildman–Crippen LogP) is 2.82. The van der Waals surface area contributed by atoms with E-state index in [0.29, 0.717) is 6.04 Å². The van der Waals surface area contributed by atoms with Gasteiger partial charge in [-0.2, -0.15) is 0 Å². The van der Waals surface area contributed by atoms with Crippen LogP contribution in [0.15, 0.2) is 18.2 Å². The summed E-state index contributed by atoms with van der Waals surface area (Å²) in [4.78, 5) is 0. The van der Waals surface area contributed by atoms with Crippen LogP contribution in [0, 0.1) is 6.92 Å². The minimum atomic E-state index is 0.218. The zero-order chi connectivity index (χ0) is 13.5. The van der Waals surface area contributed by atoms with E-state index in [1.165, 1.54) is 11.1 Å². The van der Waals surface area contributed by atoms with E-state index in [2.05, 4.69) is 38.2 Å². The number of hydrogen-bond donors (Lipinski definition) is 2. The van der Waals surface area contributed by atoms with Crippen LogP contribution in [0.5, 0.6) is 5.75 Å². The molecule has 3 nitrogen and oxygen atoms in total. The molecule has 0 heterocycles. The smallest absolute Gasteiger partial charge is 0.123 e. The van der Waals surface area contributed by atoms with Crippen LogP contribution < -0.4 is 10.1 Å². The summed E-state index contributed by atoms with van der Waals surface area (Å²) in [6.07, 6.45) is 1.76. The lowest BCUT2D eigenvalue weighted by Crippen LogP contribution is -2.31. The van der Waals surface area contributed by atoms with Crippen LogP contribution in [-0.4, -0.2) is 24.9 Å². The zero-order valence-corrected chi connectivity index (χ0v) is 11.9. The summed E-state index contributed by atoms with van der Waals surface area (Å²) >= 11 is 0. The summed E-state index contributed by atoms with van der Waals surface area (Å²) in [5.41, 5.74) is 2.44. The summed E-state index contributed by atoms with van der Waals surface area (Å²) in [6, 6.07) is 6.82. The second kappa shape index (κ2) is 7.39. The molecule has 0 aliphatic rings. The number of benzene rings is 1. The Bertz CT molecular complexity index is 366. The Kier molecular flexibility index (Phi) is 6.16. The molecule has 0 aliphatic carbocycles. The molecule has 2 atom stereocenters. The highest BCUT2D eigenvalue weighted by molar-refractivity contribution is 5.39. The number of hydrogen-bond acceptors (Lipinski definition) is 3. The summed E-state index contributed by atoms with van der Waals surface area (Å²) in [5.74, 6) is 0.927. The first-order valence-corrected chi connectivity index (χ1v) is 6.63. The van der Waals surface area contributed by atoms with E-state index in [9.17, 15) is 0 Å². The lowest BCUT2D eigenvalue weighted by Gasteiger charge is -2.24. The van der Waals surface area contributed by atoms with Crippen molar-refractivity contribution in [2.75, 3.05) is 13.7 Å². The molecular weight excluding hydrogens is 226 g/mol. The third kappa shape index (κ3) is 4.00. The Morgan fingerprint density at radius 2 is 2.11 bits per heavy atom. The number of rotatable bonds is 7. The zero-order valence-electron chi connectivity index (χ0n) is 11.9. The molecule has 1 rings (SSSR count). The second-order valence-corrected chi connectivity index (χ2v) is 4.79. The van der Waals surface area contributed by atoms with E-state index in [0.717, 1.165) is 18.6 Å². The van der Waals surface area contributed by atoms with Crippen molar-refractivity contribution >= 4 is 0 Å². The van der Waals surface area contributed by atoms with Gasteiger partial charge >= 0.3 is 0 Å². The van der Waals surface area contributed by atoms with Gasteiger partial charge in [0, 0.05) is 24.3 Å². The average molecular weight is 251 g/mol. The van der Waals surface area contributed by atoms with Gasteiger partial charge in [-0.05, 0) is 32.8 Å². The van der Waals surface area contributed by atoms with Crippen molar-refractivity contribution in [3.05, 3.63) is 29.3 Å². The summed E-state index contributed by atoms with van der Waals surface area (Å²) in [6.45, 7) is 6.56. The summed E-state index contributed by atoms with van der Waals surface area (Å²) in [7, 11) is 1.71. The highest BCUT2D eigenvalue weighted by Gasteiger charge is 2.16. The standard InChI is InChI=1S/C15H25NO2/c1-5-14(16-12(3)8-9-17)13-10-11(2)6-7-15(13)18-4/h6-7,10,12,14,16-17H,5,8-9H2,1-4H3. The Labute approximate surface area is 110 Å².